The molecule has 0 bridgehead atoms. The second-order valence-electron chi connectivity index (χ2n) is 5.95. The minimum Gasteiger partial charge on any atom is -0.369 e. The van der Waals surface area contributed by atoms with Gasteiger partial charge in [0.05, 0.1) is 0 Å². The van der Waals surface area contributed by atoms with Gasteiger partial charge in [0.25, 0.3) is 0 Å². The predicted molar refractivity (Wildman–Crippen MR) is 77.2 cm³/mol. The molecule has 0 aliphatic heterocycles. The number of aromatic nitrogens is 2. The largest absolute Gasteiger partial charge is 0.369 e. The van der Waals surface area contributed by atoms with Gasteiger partial charge in [0.1, 0.15) is 12.1 Å². The second-order valence-corrected chi connectivity index (χ2v) is 5.95. The van der Waals surface area contributed by atoms with Gasteiger partial charge in [-0.2, -0.15) is 0 Å². The Morgan fingerprint density at radius 2 is 1.90 bits per heavy atom. The van der Waals surface area contributed by atoms with Crippen molar-refractivity contribution in [1.82, 2.24) is 9.97 Å². The van der Waals surface area contributed by atoms with Crippen molar-refractivity contribution in [1.29, 1.82) is 0 Å². The van der Waals surface area contributed by atoms with E-state index in [1.54, 1.807) is 6.33 Å². The molecule has 1 fully saturated rings. The number of nitrogens with zero attached hydrogens (tertiary/aromatic N) is 2. The van der Waals surface area contributed by atoms with Crippen LogP contribution in [0, 0.1) is 5.92 Å². The molecule has 1 amide bonds. The molecule has 1 heterocycles. The van der Waals surface area contributed by atoms with Gasteiger partial charge in [-0.15, -0.1) is 0 Å². The minimum atomic E-state index is -0.150. The first-order valence-electron chi connectivity index (χ1n) is 7.62. The van der Waals surface area contributed by atoms with E-state index in [4.69, 9.17) is 5.73 Å². The molecule has 1 saturated carbocycles. The Hall–Kier alpha value is -1.65. The molecule has 0 saturated heterocycles. The monoisotopic (exact) mass is 274 g/mol. The van der Waals surface area contributed by atoms with Crippen LogP contribution >= 0.6 is 0 Å². The maximum Gasteiger partial charge on any atom is 0.220 e. The normalized spacial score (nSPS) is 25.8. The molecule has 1 aromatic rings. The highest BCUT2D eigenvalue weighted by Gasteiger charge is 2.25. The third kappa shape index (κ3) is 2.76. The van der Waals surface area contributed by atoms with Crippen molar-refractivity contribution in [2.45, 2.75) is 57.4 Å². The maximum absolute atomic E-state index is 11.2. The summed E-state index contributed by atoms with van der Waals surface area (Å²) in [5.41, 5.74) is 7.89. The first-order valence-corrected chi connectivity index (χ1v) is 7.62. The molecular weight excluding hydrogens is 252 g/mol. The highest BCUT2D eigenvalue weighted by Crippen LogP contribution is 2.29. The molecule has 5 heteroatoms. The van der Waals surface area contributed by atoms with Crippen LogP contribution in [-0.4, -0.2) is 21.9 Å². The van der Waals surface area contributed by atoms with Crippen molar-refractivity contribution in [2.24, 2.45) is 11.7 Å². The van der Waals surface area contributed by atoms with Crippen molar-refractivity contribution in [3.05, 3.63) is 17.6 Å². The lowest BCUT2D eigenvalue weighted by Gasteiger charge is -2.29. The molecule has 2 aliphatic carbocycles. The van der Waals surface area contributed by atoms with Crippen LogP contribution in [0.15, 0.2) is 6.33 Å². The lowest BCUT2D eigenvalue weighted by molar-refractivity contribution is -0.122. The molecule has 0 atom stereocenters. The fourth-order valence-corrected chi connectivity index (χ4v) is 3.36. The van der Waals surface area contributed by atoms with E-state index in [2.05, 4.69) is 15.3 Å². The molecule has 0 spiro atoms. The van der Waals surface area contributed by atoms with Crippen LogP contribution in [0.2, 0.25) is 0 Å². The van der Waals surface area contributed by atoms with Crippen molar-refractivity contribution < 1.29 is 4.79 Å². The van der Waals surface area contributed by atoms with Gasteiger partial charge in [0.2, 0.25) is 5.91 Å². The van der Waals surface area contributed by atoms with Crippen LogP contribution in [0.4, 0.5) is 5.82 Å². The first kappa shape index (κ1) is 13.3. The number of rotatable bonds is 3. The quantitative estimate of drug-likeness (QED) is 0.881. The fourth-order valence-electron chi connectivity index (χ4n) is 3.36. The van der Waals surface area contributed by atoms with E-state index in [1.807, 2.05) is 0 Å². The van der Waals surface area contributed by atoms with E-state index in [1.165, 1.54) is 24.1 Å². The van der Waals surface area contributed by atoms with Gasteiger partial charge in [-0.25, -0.2) is 9.97 Å². The minimum absolute atomic E-state index is 0.0624. The third-order valence-electron chi connectivity index (χ3n) is 4.60. The van der Waals surface area contributed by atoms with Crippen LogP contribution < -0.4 is 11.1 Å². The summed E-state index contributed by atoms with van der Waals surface area (Å²) in [5, 5.41) is 3.57. The van der Waals surface area contributed by atoms with Gasteiger partial charge >= 0.3 is 0 Å². The van der Waals surface area contributed by atoms with E-state index >= 15 is 0 Å². The summed E-state index contributed by atoms with van der Waals surface area (Å²) in [6.45, 7) is 0. The Bertz CT molecular complexity index is 495. The first-order chi connectivity index (χ1) is 9.74. The molecule has 2 aliphatic rings. The van der Waals surface area contributed by atoms with Crippen LogP contribution in [0.25, 0.3) is 0 Å². The number of primary amides is 1. The third-order valence-corrected chi connectivity index (χ3v) is 4.60. The Morgan fingerprint density at radius 1 is 1.15 bits per heavy atom. The van der Waals surface area contributed by atoms with E-state index < -0.39 is 0 Å². The molecule has 0 unspecified atom stereocenters. The van der Waals surface area contributed by atoms with Gasteiger partial charge in [-0.3, -0.25) is 4.79 Å². The number of anilines is 1. The smallest absolute Gasteiger partial charge is 0.220 e. The van der Waals surface area contributed by atoms with Crippen molar-refractivity contribution in [3.63, 3.8) is 0 Å². The second kappa shape index (κ2) is 5.77. The zero-order valence-corrected chi connectivity index (χ0v) is 11.8. The van der Waals surface area contributed by atoms with Gasteiger partial charge in [-0.05, 0) is 51.4 Å². The molecule has 0 radical (unpaired) electrons. The predicted octanol–water partition coefficient (Wildman–Crippen LogP) is 1.81. The number of amides is 1. The number of nitrogens with one attached hydrogen (secondary N) is 1. The number of aryl methyl sites for hydroxylation is 1. The molecule has 108 valence electrons. The summed E-state index contributed by atoms with van der Waals surface area (Å²) in [6.07, 6.45) is 10.0. The average molecular weight is 274 g/mol. The van der Waals surface area contributed by atoms with E-state index in [-0.39, 0.29) is 11.8 Å². The fraction of sp³-hybridized carbons (Fsp3) is 0.667. The summed E-state index contributed by atoms with van der Waals surface area (Å²) in [5.74, 6) is 0.924. The van der Waals surface area contributed by atoms with Gasteiger partial charge in [-0.1, -0.05) is 0 Å². The summed E-state index contributed by atoms with van der Waals surface area (Å²) in [7, 11) is 0. The maximum atomic E-state index is 11.2. The molecule has 1 aromatic heterocycles. The van der Waals surface area contributed by atoms with Crippen molar-refractivity contribution in [2.75, 3.05) is 5.32 Å². The number of hydrogen-bond acceptors (Lipinski definition) is 4. The zero-order chi connectivity index (χ0) is 13.9. The van der Waals surface area contributed by atoms with Gasteiger partial charge in [0.15, 0.2) is 0 Å². The van der Waals surface area contributed by atoms with Crippen LogP contribution in [0.1, 0.15) is 49.8 Å². The molecule has 3 rings (SSSR count). The van der Waals surface area contributed by atoms with Crippen molar-refractivity contribution >= 4 is 11.7 Å². The Morgan fingerprint density at radius 3 is 2.65 bits per heavy atom. The SMILES string of the molecule is NC(=O)C1CCC(Nc2ncnc3c2CCCC3)CC1. The van der Waals surface area contributed by atoms with E-state index in [9.17, 15) is 4.79 Å². The zero-order valence-electron chi connectivity index (χ0n) is 11.8. The molecule has 3 N–H and O–H groups in total. The van der Waals surface area contributed by atoms with Crippen LogP contribution in [0.5, 0.6) is 0 Å². The number of carbonyl (C=O) groups excluding carboxylic acids is 1. The Kier molecular flexibility index (Phi) is 3.85. The number of fused-ring (bicyclic) bond motifs is 1. The van der Waals surface area contributed by atoms with Crippen LogP contribution in [-0.2, 0) is 17.6 Å². The summed E-state index contributed by atoms with van der Waals surface area (Å²) in [6, 6.07) is 0.409. The van der Waals surface area contributed by atoms with Crippen LogP contribution in [0.3, 0.4) is 0 Å². The Balaban J connectivity index is 1.66. The summed E-state index contributed by atoms with van der Waals surface area (Å²) < 4.78 is 0. The van der Waals surface area contributed by atoms with Gasteiger partial charge in [0, 0.05) is 23.2 Å². The highest BCUT2D eigenvalue weighted by atomic mass is 16.1. The Labute approximate surface area is 119 Å². The highest BCUT2D eigenvalue weighted by molar-refractivity contribution is 5.76. The average Bonchev–Trinajstić information content (AvgIpc) is 2.48. The molecular formula is C15H22N4O. The standard InChI is InChI=1S/C15H22N4O/c16-14(20)10-5-7-11(8-6-10)19-15-12-3-1-2-4-13(12)17-9-18-15/h9-11H,1-8H2,(H2,16,20)(H,17,18,19). The molecule has 5 nitrogen and oxygen atoms in total. The topological polar surface area (TPSA) is 80.9 Å². The summed E-state index contributed by atoms with van der Waals surface area (Å²) in [4.78, 5) is 20.0. The number of nitrogens with two attached hydrogens (primary N) is 1. The van der Waals surface area contributed by atoms with E-state index in [0.29, 0.717) is 6.04 Å². The lowest BCUT2D eigenvalue weighted by Crippen LogP contribution is -2.33. The number of hydrogen-bond donors (Lipinski definition) is 2. The summed E-state index contributed by atoms with van der Waals surface area (Å²) >= 11 is 0. The van der Waals surface area contributed by atoms with Crippen molar-refractivity contribution in [3.8, 4) is 0 Å². The molecule has 20 heavy (non-hydrogen) atoms. The van der Waals surface area contributed by atoms with E-state index in [0.717, 1.165) is 44.3 Å². The van der Waals surface area contributed by atoms with Gasteiger partial charge < -0.3 is 11.1 Å². The number of carbonyl (C=O) groups is 1. The molecule has 0 aromatic carbocycles. The lowest BCUT2D eigenvalue weighted by atomic mass is 9.85.